The van der Waals surface area contributed by atoms with Crippen LogP contribution in [0, 0.1) is 5.41 Å². The van der Waals surface area contributed by atoms with E-state index < -0.39 is 10.0 Å². The second kappa shape index (κ2) is 5.82. The molecule has 6 nitrogen and oxygen atoms in total. The minimum atomic E-state index is -3.55. The van der Waals surface area contributed by atoms with Gasteiger partial charge in [-0.1, -0.05) is 6.07 Å². The Morgan fingerprint density at radius 3 is 2.57 bits per heavy atom. The van der Waals surface area contributed by atoms with Crippen molar-refractivity contribution < 1.29 is 13.5 Å². The van der Waals surface area contributed by atoms with E-state index >= 15 is 0 Å². The Morgan fingerprint density at radius 1 is 1.38 bits per heavy atom. The van der Waals surface area contributed by atoms with Crippen molar-refractivity contribution in [2.24, 2.45) is 5.41 Å². The average Bonchev–Trinajstić information content (AvgIpc) is 3.18. The van der Waals surface area contributed by atoms with Crippen molar-refractivity contribution in [1.82, 2.24) is 4.31 Å². The molecular weight excluding hydrogens is 290 g/mol. The minimum absolute atomic E-state index is 0.115. The molecule has 1 aliphatic rings. The first-order valence-corrected chi connectivity index (χ1v) is 8.42. The molecule has 0 atom stereocenters. The van der Waals surface area contributed by atoms with Crippen molar-refractivity contribution in [2.45, 2.75) is 24.2 Å². The number of benzene rings is 1. The number of nitrogens with zero attached hydrogens (tertiary/aromatic N) is 1. The first-order valence-electron chi connectivity index (χ1n) is 6.98. The second-order valence-electron chi connectivity index (χ2n) is 5.83. The van der Waals surface area contributed by atoms with Crippen LogP contribution in [0.4, 0.5) is 11.4 Å². The Hall–Kier alpha value is -1.31. The fraction of sp³-hybridized carbons (Fsp3) is 0.571. The lowest BCUT2D eigenvalue weighted by molar-refractivity contribution is 0.253. The Bertz CT molecular complexity index is 610. The van der Waals surface area contributed by atoms with Gasteiger partial charge in [-0.2, -0.15) is 0 Å². The van der Waals surface area contributed by atoms with Crippen molar-refractivity contribution >= 4 is 21.4 Å². The van der Waals surface area contributed by atoms with Gasteiger partial charge in [-0.05, 0) is 36.8 Å². The fourth-order valence-electron chi connectivity index (χ4n) is 2.33. The molecule has 0 bridgehead atoms. The molecule has 1 aliphatic carbocycles. The number of para-hydroxylation sites is 1. The Kier molecular flexibility index (Phi) is 4.46. The number of aliphatic hydroxyl groups excluding tert-OH is 1. The first kappa shape index (κ1) is 16.1. The van der Waals surface area contributed by atoms with E-state index in [9.17, 15) is 8.42 Å². The van der Waals surface area contributed by atoms with E-state index in [0.717, 1.165) is 23.6 Å². The van der Waals surface area contributed by atoms with Gasteiger partial charge in [0.15, 0.2) is 0 Å². The highest BCUT2D eigenvalue weighted by Gasteiger charge is 2.41. The van der Waals surface area contributed by atoms with Gasteiger partial charge < -0.3 is 16.2 Å². The standard InChI is InChI=1S/C14H23N3O3S/c1-17(2)21(19,20)12-5-3-4-11(13(12)15)16-10-14(6-7-14)8-9-18/h3-5,16,18H,6-10,15H2,1-2H3. The maximum Gasteiger partial charge on any atom is 0.244 e. The molecule has 0 heterocycles. The molecule has 0 aliphatic heterocycles. The van der Waals surface area contributed by atoms with Crippen LogP contribution in [-0.2, 0) is 10.0 Å². The van der Waals surface area contributed by atoms with Gasteiger partial charge in [0.2, 0.25) is 10.0 Å². The number of hydrogen-bond acceptors (Lipinski definition) is 5. The molecule has 2 rings (SSSR count). The molecule has 0 spiro atoms. The summed E-state index contributed by atoms with van der Waals surface area (Å²) in [5.41, 5.74) is 7.02. The summed E-state index contributed by atoms with van der Waals surface area (Å²) in [6.45, 7) is 0.870. The zero-order chi connectivity index (χ0) is 15.7. The minimum Gasteiger partial charge on any atom is -0.396 e. The van der Waals surface area contributed by atoms with Gasteiger partial charge in [-0.25, -0.2) is 12.7 Å². The van der Waals surface area contributed by atoms with Crippen molar-refractivity contribution in [3.63, 3.8) is 0 Å². The monoisotopic (exact) mass is 313 g/mol. The van der Waals surface area contributed by atoms with Crippen molar-refractivity contribution in [2.75, 3.05) is 38.3 Å². The third-order valence-electron chi connectivity index (χ3n) is 4.08. The lowest BCUT2D eigenvalue weighted by Gasteiger charge is -2.19. The lowest BCUT2D eigenvalue weighted by atomic mass is 10.0. The smallest absolute Gasteiger partial charge is 0.244 e. The molecule has 1 fully saturated rings. The number of nitrogens with one attached hydrogen (secondary N) is 1. The van der Waals surface area contributed by atoms with Crippen LogP contribution in [-0.4, -0.2) is 45.1 Å². The molecule has 7 heteroatoms. The van der Waals surface area contributed by atoms with Crippen LogP contribution in [0.2, 0.25) is 0 Å². The highest BCUT2D eigenvalue weighted by atomic mass is 32.2. The molecule has 0 saturated heterocycles. The van der Waals surface area contributed by atoms with Gasteiger partial charge in [0.1, 0.15) is 4.90 Å². The van der Waals surface area contributed by atoms with Crippen LogP contribution in [0.3, 0.4) is 0 Å². The third-order valence-corrected chi connectivity index (χ3v) is 5.95. The number of rotatable bonds is 7. The highest BCUT2D eigenvalue weighted by Crippen LogP contribution is 2.48. The summed E-state index contributed by atoms with van der Waals surface area (Å²) in [5, 5.41) is 12.3. The van der Waals surface area contributed by atoms with Gasteiger partial charge in [-0.3, -0.25) is 0 Å². The summed E-state index contributed by atoms with van der Waals surface area (Å²) in [5.74, 6) is 0. The van der Waals surface area contributed by atoms with Gasteiger partial charge in [0, 0.05) is 27.2 Å². The SMILES string of the molecule is CN(C)S(=O)(=O)c1cccc(NCC2(CCO)CC2)c1N. The number of sulfonamides is 1. The van der Waals surface area contributed by atoms with Crippen LogP contribution in [0.5, 0.6) is 0 Å². The van der Waals surface area contributed by atoms with E-state index in [4.69, 9.17) is 10.8 Å². The van der Waals surface area contributed by atoms with Gasteiger partial charge in [0.05, 0.1) is 11.4 Å². The lowest BCUT2D eigenvalue weighted by Crippen LogP contribution is -2.24. The zero-order valence-corrected chi connectivity index (χ0v) is 13.3. The molecule has 1 aromatic carbocycles. The largest absolute Gasteiger partial charge is 0.396 e. The summed E-state index contributed by atoms with van der Waals surface area (Å²) in [4.78, 5) is 0.115. The Labute approximate surface area is 126 Å². The normalized spacial score (nSPS) is 17.0. The average molecular weight is 313 g/mol. The zero-order valence-electron chi connectivity index (χ0n) is 12.5. The predicted octanol–water partition coefficient (Wildman–Crippen LogP) is 1.09. The van der Waals surface area contributed by atoms with E-state index in [2.05, 4.69) is 5.32 Å². The maximum absolute atomic E-state index is 12.2. The number of aliphatic hydroxyl groups is 1. The number of nitrogens with two attached hydrogens (primary N) is 1. The molecule has 118 valence electrons. The quantitative estimate of drug-likeness (QED) is 0.655. The number of anilines is 2. The van der Waals surface area contributed by atoms with Crippen LogP contribution in [0.15, 0.2) is 23.1 Å². The molecule has 0 radical (unpaired) electrons. The molecule has 4 N–H and O–H groups in total. The van der Waals surface area contributed by atoms with Gasteiger partial charge in [0.25, 0.3) is 0 Å². The van der Waals surface area contributed by atoms with Crippen LogP contribution >= 0.6 is 0 Å². The van der Waals surface area contributed by atoms with Crippen molar-refractivity contribution in [3.8, 4) is 0 Å². The summed E-state index contributed by atoms with van der Waals surface area (Å²) < 4.78 is 25.6. The van der Waals surface area contributed by atoms with E-state index in [1.165, 1.54) is 20.2 Å². The van der Waals surface area contributed by atoms with Crippen LogP contribution in [0.1, 0.15) is 19.3 Å². The number of nitrogen functional groups attached to an aromatic ring is 1. The van der Waals surface area contributed by atoms with Crippen molar-refractivity contribution in [1.29, 1.82) is 0 Å². The van der Waals surface area contributed by atoms with E-state index in [1.54, 1.807) is 12.1 Å². The fourth-order valence-corrected chi connectivity index (χ4v) is 3.36. The first-order chi connectivity index (χ1) is 9.82. The molecular formula is C14H23N3O3S. The Balaban J connectivity index is 2.19. The van der Waals surface area contributed by atoms with E-state index in [0.29, 0.717) is 12.2 Å². The second-order valence-corrected chi connectivity index (χ2v) is 7.95. The van der Waals surface area contributed by atoms with Crippen LogP contribution in [0.25, 0.3) is 0 Å². The van der Waals surface area contributed by atoms with Gasteiger partial charge >= 0.3 is 0 Å². The van der Waals surface area contributed by atoms with Gasteiger partial charge in [-0.15, -0.1) is 0 Å². The molecule has 1 aromatic rings. The maximum atomic E-state index is 12.2. The van der Waals surface area contributed by atoms with Crippen LogP contribution < -0.4 is 11.1 Å². The highest BCUT2D eigenvalue weighted by molar-refractivity contribution is 7.89. The molecule has 21 heavy (non-hydrogen) atoms. The summed E-state index contributed by atoms with van der Waals surface area (Å²) in [7, 11) is -0.587. The molecule has 1 saturated carbocycles. The predicted molar refractivity (Wildman–Crippen MR) is 83.6 cm³/mol. The van der Waals surface area contributed by atoms with E-state index in [1.807, 2.05) is 0 Å². The topological polar surface area (TPSA) is 95.7 Å². The molecule has 0 unspecified atom stereocenters. The summed E-state index contributed by atoms with van der Waals surface area (Å²) in [6.07, 6.45) is 2.92. The molecule has 0 amide bonds. The summed E-state index contributed by atoms with van der Waals surface area (Å²) in [6, 6.07) is 4.97. The summed E-state index contributed by atoms with van der Waals surface area (Å²) >= 11 is 0. The van der Waals surface area contributed by atoms with E-state index in [-0.39, 0.29) is 22.6 Å². The third kappa shape index (κ3) is 3.30. The van der Waals surface area contributed by atoms with Crippen molar-refractivity contribution in [3.05, 3.63) is 18.2 Å². The number of hydrogen-bond donors (Lipinski definition) is 3. The molecule has 0 aromatic heterocycles. The Morgan fingerprint density at radius 2 is 2.05 bits per heavy atom.